The molecule has 0 aromatic heterocycles. The Kier molecular flexibility index (Phi) is 4.11. The number of hydrogen-bond acceptors (Lipinski definition) is 3. The summed E-state index contributed by atoms with van der Waals surface area (Å²) in [6, 6.07) is 0. The molecule has 0 bridgehead atoms. The maximum Gasteiger partial charge on any atom is 0.185 e. The molecule has 76 valence electrons. The molecule has 0 aromatic rings. The van der Waals surface area contributed by atoms with Gasteiger partial charge in [0.2, 0.25) is 0 Å². The van der Waals surface area contributed by atoms with Crippen LogP contribution < -0.4 is 0 Å². The third-order valence-electron chi connectivity index (χ3n) is 1.65. The first-order valence-electron chi connectivity index (χ1n) is 4.46. The van der Waals surface area contributed by atoms with Gasteiger partial charge in [-0.1, -0.05) is 39.8 Å². The molecule has 0 unspecified atom stereocenters. The van der Waals surface area contributed by atoms with Gasteiger partial charge in [-0.05, 0) is 0 Å². The summed E-state index contributed by atoms with van der Waals surface area (Å²) < 4.78 is 0. The van der Waals surface area contributed by atoms with Crippen LogP contribution in [0.25, 0.3) is 0 Å². The lowest BCUT2D eigenvalue weighted by Gasteiger charge is -2.19. The molecule has 0 N–H and O–H groups in total. The lowest BCUT2D eigenvalue weighted by atomic mass is 9.85. The first-order valence-corrected chi connectivity index (χ1v) is 4.46. The second-order valence-electron chi connectivity index (χ2n) is 4.39. The fraction of sp³-hybridized carbons (Fsp3) is 0.800. The predicted octanol–water partition coefficient (Wildman–Crippen LogP) is 2.26. The summed E-state index contributed by atoms with van der Waals surface area (Å²) in [6.07, 6.45) is 0. The van der Waals surface area contributed by atoms with Crippen molar-refractivity contribution in [3.8, 4) is 0 Å². The molecule has 0 spiro atoms. The molecule has 0 aliphatic rings. The SMILES string of the molecule is CON=C(C(=O)C(C)(C)C)C(C)C. The molecule has 0 aliphatic heterocycles. The third kappa shape index (κ3) is 3.57. The van der Waals surface area contributed by atoms with E-state index in [4.69, 9.17) is 0 Å². The van der Waals surface area contributed by atoms with E-state index < -0.39 is 0 Å². The van der Waals surface area contributed by atoms with Crippen LogP contribution in [0.5, 0.6) is 0 Å². The highest BCUT2D eigenvalue weighted by Gasteiger charge is 2.28. The minimum atomic E-state index is -0.387. The average Bonchev–Trinajstić information content (AvgIpc) is 1.96. The molecule has 0 aliphatic carbocycles. The van der Waals surface area contributed by atoms with Crippen molar-refractivity contribution in [3.63, 3.8) is 0 Å². The van der Waals surface area contributed by atoms with E-state index in [1.165, 1.54) is 7.11 Å². The molecule has 0 fully saturated rings. The number of rotatable bonds is 3. The van der Waals surface area contributed by atoms with E-state index in [1.807, 2.05) is 34.6 Å². The largest absolute Gasteiger partial charge is 0.399 e. The minimum Gasteiger partial charge on any atom is -0.399 e. The van der Waals surface area contributed by atoms with Crippen LogP contribution in [0.4, 0.5) is 0 Å². The summed E-state index contributed by atoms with van der Waals surface area (Å²) in [7, 11) is 1.46. The molecular weight excluding hydrogens is 166 g/mol. The normalized spacial score (nSPS) is 13.3. The summed E-state index contributed by atoms with van der Waals surface area (Å²) in [4.78, 5) is 16.4. The summed E-state index contributed by atoms with van der Waals surface area (Å²) in [6.45, 7) is 9.50. The zero-order chi connectivity index (χ0) is 10.6. The van der Waals surface area contributed by atoms with Crippen LogP contribution in [-0.2, 0) is 9.63 Å². The second kappa shape index (κ2) is 4.40. The third-order valence-corrected chi connectivity index (χ3v) is 1.65. The van der Waals surface area contributed by atoms with Crippen LogP contribution in [0.3, 0.4) is 0 Å². The fourth-order valence-corrected chi connectivity index (χ4v) is 0.892. The summed E-state index contributed by atoms with van der Waals surface area (Å²) in [5, 5.41) is 3.76. The Morgan fingerprint density at radius 2 is 1.77 bits per heavy atom. The van der Waals surface area contributed by atoms with Crippen molar-refractivity contribution in [2.24, 2.45) is 16.5 Å². The fourth-order valence-electron chi connectivity index (χ4n) is 0.892. The van der Waals surface area contributed by atoms with Crippen molar-refractivity contribution < 1.29 is 9.63 Å². The molecule has 0 amide bonds. The van der Waals surface area contributed by atoms with Gasteiger partial charge in [-0.25, -0.2) is 0 Å². The lowest BCUT2D eigenvalue weighted by Crippen LogP contribution is -2.32. The van der Waals surface area contributed by atoms with Crippen molar-refractivity contribution in [2.45, 2.75) is 34.6 Å². The Morgan fingerprint density at radius 1 is 1.31 bits per heavy atom. The van der Waals surface area contributed by atoms with Crippen LogP contribution in [0.1, 0.15) is 34.6 Å². The maximum atomic E-state index is 11.8. The lowest BCUT2D eigenvalue weighted by molar-refractivity contribution is -0.120. The Labute approximate surface area is 80.1 Å². The number of Topliss-reactive ketones (excluding diaryl/α,β-unsaturated/α-hetero) is 1. The van der Waals surface area contributed by atoms with Crippen LogP contribution in [0, 0.1) is 11.3 Å². The van der Waals surface area contributed by atoms with E-state index in [0.29, 0.717) is 5.71 Å². The van der Waals surface area contributed by atoms with E-state index in [9.17, 15) is 4.79 Å². The van der Waals surface area contributed by atoms with E-state index in [2.05, 4.69) is 9.99 Å². The van der Waals surface area contributed by atoms with Gasteiger partial charge in [0, 0.05) is 11.3 Å². The van der Waals surface area contributed by atoms with Crippen molar-refractivity contribution in [3.05, 3.63) is 0 Å². The van der Waals surface area contributed by atoms with Crippen molar-refractivity contribution in [1.82, 2.24) is 0 Å². The highest BCUT2D eigenvalue weighted by Crippen LogP contribution is 2.18. The molecule has 0 heterocycles. The van der Waals surface area contributed by atoms with Crippen LogP contribution in [0.15, 0.2) is 5.16 Å². The first kappa shape index (κ1) is 12.1. The van der Waals surface area contributed by atoms with Gasteiger partial charge >= 0.3 is 0 Å². The van der Waals surface area contributed by atoms with Crippen LogP contribution in [-0.4, -0.2) is 18.6 Å². The van der Waals surface area contributed by atoms with Gasteiger partial charge in [0.1, 0.15) is 12.8 Å². The van der Waals surface area contributed by atoms with E-state index in [0.717, 1.165) is 0 Å². The molecule has 0 saturated carbocycles. The van der Waals surface area contributed by atoms with Gasteiger partial charge in [0.05, 0.1) is 0 Å². The second-order valence-corrected chi connectivity index (χ2v) is 4.39. The zero-order valence-electron chi connectivity index (χ0n) is 9.34. The predicted molar refractivity (Wildman–Crippen MR) is 53.7 cm³/mol. The molecule has 0 saturated heterocycles. The van der Waals surface area contributed by atoms with Crippen molar-refractivity contribution >= 4 is 11.5 Å². The van der Waals surface area contributed by atoms with Gasteiger partial charge < -0.3 is 4.84 Å². The van der Waals surface area contributed by atoms with Crippen molar-refractivity contribution in [2.75, 3.05) is 7.11 Å². The monoisotopic (exact) mass is 185 g/mol. The van der Waals surface area contributed by atoms with Crippen LogP contribution >= 0.6 is 0 Å². The number of carbonyl (C=O) groups excluding carboxylic acids is 1. The summed E-state index contributed by atoms with van der Waals surface area (Å²) >= 11 is 0. The Balaban J connectivity index is 4.79. The number of nitrogens with zero attached hydrogens (tertiary/aromatic N) is 1. The van der Waals surface area contributed by atoms with Gasteiger partial charge in [-0.15, -0.1) is 0 Å². The molecular formula is C10H19NO2. The Bertz CT molecular complexity index is 211. The summed E-state index contributed by atoms with van der Waals surface area (Å²) in [5.74, 6) is 0.149. The molecule has 0 radical (unpaired) electrons. The maximum absolute atomic E-state index is 11.8. The van der Waals surface area contributed by atoms with Gasteiger partial charge in [0.15, 0.2) is 5.78 Å². The topological polar surface area (TPSA) is 38.7 Å². The van der Waals surface area contributed by atoms with Gasteiger partial charge in [0.25, 0.3) is 0 Å². The van der Waals surface area contributed by atoms with Crippen molar-refractivity contribution in [1.29, 1.82) is 0 Å². The minimum absolute atomic E-state index is 0.0457. The van der Waals surface area contributed by atoms with E-state index in [1.54, 1.807) is 0 Å². The number of ketones is 1. The summed E-state index contributed by atoms with van der Waals surface area (Å²) in [5.41, 5.74) is 0.122. The quantitative estimate of drug-likeness (QED) is 0.499. The molecule has 13 heavy (non-hydrogen) atoms. The zero-order valence-corrected chi connectivity index (χ0v) is 9.34. The standard InChI is InChI=1S/C10H19NO2/c1-7(2)8(11-13-6)9(12)10(3,4)5/h7H,1-6H3. The number of hydrogen-bond donors (Lipinski definition) is 0. The molecule has 0 atom stereocenters. The first-order chi connectivity index (χ1) is 5.80. The Hall–Kier alpha value is -0.860. The molecule has 0 aromatic carbocycles. The van der Waals surface area contributed by atoms with E-state index >= 15 is 0 Å². The molecule has 3 heteroatoms. The number of carbonyl (C=O) groups is 1. The highest BCUT2D eigenvalue weighted by molar-refractivity contribution is 6.41. The number of oxime groups is 1. The smallest absolute Gasteiger partial charge is 0.185 e. The van der Waals surface area contributed by atoms with Gasteiger partial charge in [-0.2, -0.15) is 0 Å². The molecule has 0 rings (SSSR count). The van der Waals surface area contributed by atoms with E-state index in [-0.39, 0.29) is 17.1 Å². The average molecular weight is 185 g/mol. The molecule has 3 nitrogen and oxygen atoms in total. The van der Waals surface area contributed by atoms with Gasteiger partial charge in [-0.3, -0.25) is 4.79 Å². The van der Waals surface area contributed by atoms with Crippen LogP contribution in [0.2, 0.25) is 0 Å². The highest BCUT2D eigenvalue weighted by atomic mass is 16.6. The Morgan fingerprint density at radius 3 is 2.00 bits per heavy atom.